The highest BCUT2D eigenvalue weighted by molar-refractivity contribution is 5.89. The molecule has 2 aliphatic heterocycles. The molecule has 0 bridgehead atoms. The molecule has 4 rings (SSSR count). The summed E-state index contributed by atoms with van der Waals surface area (Å²) in [5.41, 5.74) is 1.96. The number of carbonyl (C=O) groups is 2. The van der Waals surface area contributed by atoms with Gasteiger partial charge in [-0.25, -0.2) is 9.97 Å². The zero-order valence-electron chi connectivity index (χ0n) is 15.4. The van der Waals surface area contributed by atoms with Crippen molar-refractivity contribution in [2.45, 2.75) is 6.42 Å². The van der Waals surface area contributed by atoms with E-state index in [0.717, 1.165) is 11.3 Å². The number of anilines is 1. The molecular formula is C20H23N5O2. The summed E-state index contributed by atoms with van der Waals surface area (Å²) in [5, 5.41) is 0. The summed E-state index contributed by atoms with van der Waals surface area (Å²) in [6.07, 6.45) is 2.11. The maximum absolute atomic E-state index is 12.7. The number of likely N-dealkylation sites (tertiary alicyclic amines) is 1. The molecule has 0 unspecified atom stereocenters. The molecule has 27 heavy (non-hydrogen) atoms. The maximum Gasteiger partial charge on any atom is 0.228 e. The standard InChI is InChI=1S/C20H23N5O2/c1-23-14-16(13-18(23)26)19(27)24-9-11-25(12-10-24)20-21-8-7-17(22-20)15-5-3-2-4-6-15/h2-8,16H,9-14H2,1H3/t16-/m0/s1. The molecule has 2 aromatic rings. The molecule has 2 aliphatic rings. The summed E-state index contributed by atoms with van der Waals surface area (Å²) in [6, 6.07) is 11.9. The normalized spacial score (nSPS) is 20.3. The monoisotopic (exact) mass is 365 g/mol. The number of rotatable bonds is 3. The minimum atomic E-state index is -0.202. The van der Waals surface area contributed by atoms with Crippen molar-refractivity contribution in [3.63, 3.8) is 0 Å². The van der Waals surface area contributed by atoms with Gasteiger partial charge >= 0.3 is 0 Å². The molecule has 0 saturated carbocycles. The fraction of sp³-hybridized carbons (Fsp3) is 0.400. The molecule has 0 spiro atoms. The van der Waals surface area contributed by atoms with Crippen LogP contribution in [-0.4, -0.2) is 71.4 Å². The van der Waals surface area contributed by atoms with Gasteiger partial charge in [0, 0.05) is 58.0 Å². The number of piperazine rings is 1. The molecule has 1 atom stereocenters. The van der Waals surface area contributed by atoms with Gasteiger partial charge in [-0.15, -0.1) is 0 Å². The Morgan fingerprint density at radius 2 is 1.81 bits per heavy atom. The minimum Gasteiger partial charge on any atom is -0.345 e. The Kier molecular flexibility index (Phi) is 4.75. The van der Waals surface area contributed by atoms with E-state index in [4.69, 9.17) is 4.98 Å². The first-order valence-electron chi connectivity index (χ1n) is 9.28. The third-order valence-corrected chi connectivity index (χ3v) is 5.28. The van der Waals surface area contributed by atoms with Crippen LogP contribution in [0.25, 0.3) is 11.3 Å². The number of hydrogen-bond acceptors (Lipinski definition) is 5. The summed E-state index contributed by atoms with van der Waals surface area (Å²) in [4.78, 5) is 39.1. The van der Waals surface area contributed by atoms with Crippen molar-refractivity contribution in [3.05, 3.63) is 42.6 Å². The lowest BCUT2D eigenvalue weighted by Crippen LogP contribution is -2.51. The van der Waals surface area contributed by atoms with Gasteiger partial charge in [0.25, 0.3) is 0 Å². The fourth-order valence-electron chi connectivity index (χ4n) is 3.68. The topological polar surface area (TPSA) is 69.6 Å². The van der Waals surface area contributed by atoms with Crippen LogP contribution in [0.2, 0.25) is 0 Å². The van der Waals surface area contributed by atoms with Crippen LogP contribution in [0.1, 0.15) is 6.42 Å². The highest BCUT2D eigenvalue weighted by Gasteiger charge is 2.35. The zero-order valence-corrected chi connectivity index (χ0v) is 15.4. The molecule has 7 nitrogen and oxygen atoms in total. The van der Waals surface area contributed by atoms with Crippen LogP contribution >= 0.6 is 0 Å². The van der Waals surface area contributed by atoms with Crippen molar-refractivity contribution >= 4 is 17.8 Å². The number of aromatic nitrogens is 2. The molecule has 0 aliphatic carbocycles. The molecule has 7 heteroatoms. The Bertz CT molecular complexity index is 833. The summed E-state index contributed by atoms with van der Waals surface area (Å²) in [5.74, 6) is 0.635. The molecule has 140 valence electrons. The largest absolute Gasteiger partial charge is 0.345 e. The van der Waals surface area contributed by atoms with Gasteiger partial charge in [0.05, 0.1) is 11.6 Å². The summed E-state index contributed by atoms with van der Waals surface area (Å²) >= 11 is 0. The quantitative estimate of drug-likeness (QED) is 0.819. The molecule has 2 amide bonds. The van der Waals surface area contributed by atoms with E-state index >= 15 is 0 Å². The Morgan fingerprint density at radius 3 is 2.48 bits per heavy atom. The lowest BCUT2D eigenvalue weighted by molar-refractivity contribution is -0.136. The Balaban J connectivity index is 1.40. The maximum atomic E-state index is 12.7. The van der Waals surface area contributed by atoms with E-state index in [2.05, 4.69) is 9.88 Å². The predicted molar refractivity (Wildman–Crippen MR) is 102 cm³/mol. The number of carbonyl (C=O) groups excluding carboxylic acids is 2. The van der Waals surface area contributed by atoms with Crippen molar-refractivity contribution in [1.82, 2.24) is 19.8 Å². The van der Waals surface area contributed by atoms with Crippen molar-refractivity contribution in [2.24, 2.45) is 5.92 Å². The molecule has 2 fully saturated rings. The van der Waals surface area contributed by atoms with Gasteiger partial charge in [-0.2, -0.15) is 0 Å². The van der Waals surface area contributed by atoms with Crippen molar-refractivity contribution < 1.29 is 9.59 Å². The Hall–Kier alpha value is -2.96. The van der Waals surface area contributed by atoms with E-state index in [0.29, 0.717) is 45.1 Å². The highest BCUT2D eigenvalue weighted by Crippen LogP contribution is 2.22. The zero-order chi connectivity index (χ0) is 18.8. The first kappa shape index (κ1) is 17.5. The molecule has 1 aromatic heterocycles. The number of benzene rings is 1. The van der Waals surface area contributed by atoms with Gasteiger partial charge in [0.2, 0.25) is 17.8 Å². The van der Waals surface area contributed by atoms with Crippen LogP contribution in [0.3, 0.4) is 0 Å². The second-order valence-electron chi connectivity index (χ2n) is 7.10. The number of nitrogens with zero attached hydrogens (tertiary/aromatic N) is 5. The van der Waals surface area contributed by atoms with Crippen LogP contribution in [0.15, 0.2) is 42.6 Å². The van der Waals surface area contributed by atoms with Crippen molar-refractivity contribution in [3.8, 4) is 11.3 Å². The summed E-state index contributed by atoms with van der Waals surface area (Å²) in [7, 11) is 1.75. The van der Waals surface area contributed by atoms with Crippen LogP contribution in [0.4, 0.5) is 5.95 Å². The molecule has 2 saturated heterocycles. The summed E-state index contributed by atoms with van der Waals surface area (Å²) < 4.78 is 0. The van der Waals surface area contributed by atoms with E-state index in [9.17, 15) is 9.59 Å². The molecular weight excluding hydrogens is 342 g/mol. The minimum absolute atomic E-state index is 0.0538. The highest BCUT2D eigenvalue weighted by atomic mass is 16.2. The van der Waals surface area contributed by atoms with Crippen molar-refractivity contribution in [2.75, 3.05) is 44.7 Å². The van der Waals surface area contributed by atoms with Gasteiger partial charge in [-0.1, -0.05) is 30.3 Å². The van der Waals surface area contributed by atoms with Crippen LogP contribution < -0.4 is 4.90 Å². The Morgan fingerprint density at radius 1 is 1.07 bits per heavy atom. The van der Waals surface area contributed by atoms with E-state index in [-0.39, 0.29) is 17.7 Å². The fourth-order valence-corrected chi connectivity index (χ4v) is 3.68. The average molecular weight is 365 g/mol. The molecule has 0 N–H and O–H groups in total. The lowest BCUT2D eigenvalue weighted by Gasteiger charge is -2.35. The second-order valence-corrected chi connectivity index (χ2v) is 7.10. The van der Waals surface area contributed by atoms with E-state index in [1.807, 2.05) is 41.3 Å². The lowest BCUT2D eigenvalue weighted by atomic mass is 10.1. The molecule has 1 aromatic carbocycles. The third-order valence-electron chi connectivity index (χ3n) is 5.28. The SMILES string of the molecule is CN1C[C@@H](C(=O)N2CCN(c3nccc(-c4ccccc4)n3)CC2)CC1=O. The van der Waals surface area contributed by atoms with Crippen LogP contribution in [0.5, 0.6) is 0 Å². The van der Waals surface area contributed by atoms with Gasteiger partial charge in [-0.3, -0.25) is 9.59 Å². The first-order chi connectivity index (χ1) is 13.1. The average Bonchev–Trinajstić information content (AvgIpc) is 3.07. The van der Waals surface area contributed by atoms with Gasteiger partial charge in [0.1, 0.15) is 0 Å². The van der Waals surface area contributed by atoms with E-state index < -0.39 is 0 Å². The van der Waals surface area contributed by atoms with Gasteiger partial charge < -0.3 is 14.7 Å². The first-order valence-corrected chi connectivity index (χ1v) is 9.28. The predicted octanol–water partition coefficient (Wildman–Crippen LogP) is 1.27. The number of amides is 2. The summed E-state index contributed by atoms with van der Waals surface area (Å²) in [6.45, 7) is 3.18. The van der Waals surface area contributed by atoms with Gasteiger partial charge in [-0.05, 0) is 6.07 Å². The van der Waals surface area contributed by atoms with E-state index in [1.54, 1.807) is 18.1 Å². The van der Waals surface area contributed by atoms with Crippen molar-refractivity contribution in [1.29, 1.82) is 0 Å². The smallest absolute Gasteiger partial charge is 0.228 e. The third kappa shape index (κ3) is 3.63. The van der Waals surface area contributed by atoms with Gasteiger partial charge in [0.15, 0.2) is 0 Å². The molecule has 3 heterocycles. The van der Waals surface area contributed by atoms with Crippen LogP contribution in [0, 0.1) is 5.92 Å². The molecule has 0 radical (unpaired) electrons. The van der Waals surface area contributed by atoms with Crippen LogP contribution in [-0.2, 0) is 9.59 Å². The Labute approximate surface area is 158 Å². The number of hydrogen-bond donors (Lipinski definition) is 0. The second kappa shape index (κ2) is 7.34. The van der Waals surface area contributed by atoms with E-state index in [1.165, 1.54) is 0 Å².